The number of benzene rings is 2. The molecule has 0 atom stereocenters. The molecule has 0 spiro atoms. The number of esters is 1. The molecule has 0 radical (unpaired) electrons. The van der Waals surface area contributed by atoms with Gasteiger partial charge in [-0.1, -0.05) is 35.9 Å². The summed E-state index contributed by atoms with van der Waals surface area (Å²) in [6, 6.07) is 12.1. The Hall–Kier alpha value is -3.21. The molecule has 0 saturated carbocycles. The summed E-state index contributed by atoms with van der Waals surface area (Å²) in [5.41, 5.74) is 3.57. The Kier molecular flexibility index (Phi) is 4.00. The average Bonchev–Trinajstić information content (AvgIpc) is 2.88. The Morgan fingerprint density at radius 1 is 1.12 bits per heavy atom. The fourth-order valence-electron chi connectivity index (χ4n) is 2.66. The minimum atomic E-state index is -0.511. The van der Waals surface area contributed by atoms with Gasteiger partial charge in [0.05, 0.1) is 16.1 Å². The lowest BCUT2D eigenvalue weighted by Crippen LogP contribution is -1.99. The molecule has 0 saturated heterocycles. The van der Waals surface area contributed by atoms with Crippen LogP contribution in [0.25, 0.3) is 11.8 Å². The largest absolute Gasteiger partial charge is 0.422 e. The Morgan fingerprint density at radius 2 is 1.88 bits per heavy atom. The first-order valence-corrected chi connectivity index (χ1v) is 7.42. The number of carbonyl (C=O) groups is 1. The van der Waals surface area contributed by atoms with Gasteiger partial charge in [0.2, 0.25) is 0 Å². The summed E-state index contributed by atoms with van der Waals surface area (Å²) in [5.74, 6) is -0.0505. The number of carbonyl (C=O) groups excluding carboxylic acids is 1. The maximum atomic E-state index is 12.1. The first kappa shape index (κ1) is 15.7. The van der Waals surface area contributed by atoms with Crippen molar-refractivity contribution in [2.24, 2.45) is 0 Å². The monoisotopic (exact) mass is 321 g/mol. The highest BCUT2D eigenvalue weighted by Gasteiger charge is 2.24. The van der Waals surface area contributed by atoms with E-state index in [1.807, 2.05) is 32.0 Å². The van der Waals surface area contributed by atoms with E-state index in [9.17, 15) is 14.9 Å². The molecule has 24 heavy (non-hydrogen) atoms. The fraction of sp³-hybridized carbons (Fsp3) is 0.105. The number of ether oxygens (including phenoxy) is 1. The van der Waals surface area contributed by atoms with Crippen LogP contribution in [0.1, 0.15) is 22.3 Å². The van der Waals surface area contributed by atoms with Gasteiger partial charge in [-0.25, -0.2) is 4.79 Å². The van der Waals surface area contributed by atoms with E-state index in [1.165, 1.54) is 12.1 Å². The van der Waals surface area contributed by atoms with Crippen LogP contribution in [0.15, 0.2) is 54.1 Å². The molecule has 0 unspecified atom stereocenters. The van der Waals surface area contributed by atoms with Crippen LogP contribution in [0.5, 0.6) is 0 Å². The molecule has 5 heteroatoms. The average molecular weight is 321 g/mol. The van der Waals surface area contributed by atoms with Gasteiger partial charge in [0.15, 0.2) is 0 Å². The van der Waals surface area contributed by atoms with Gasteiger partial charge in [-0.15, -0.1) is 0 Å². The van der Waals surface area contributed by atoms with E-state index in [0.717, 1.165) is 16.7 Å². The number of aryl methyl sites for hydroxylation is 2. The van der Waals surface area contributed by atoms with E-state index in [2.05, 4.69) is 0 Å². The minimum Gasteiger partial charge on any atom is -0.422 e. The van der Waals surface area contributed by atoms with Gasteiger partial charge in [-0.3, -0.25) is 10.1 Å². The van der Waals surface area contributed by atoms with Crippen molar-refractivity contribution in [3.8, 4) is 0 Å². The van der Waals surface area contributed by atoms with E-state index in [1.54, 1.807) is 24.3 Å². The summed E-state index contributed by atoms with van der Waals surface area (Å²) in [5, 5.41) is 11.1. The predicted molar refractivity (Wildman–Crippen MR) is 91.1 cm³/mol. The second kappa shape index (κ2) is 6.12. The van der Waals surface area contributed by atoms with Gasteiger partial charge < -0.3 is 4.74 Å². The number of para-hydroxylation sites is 1. The Morgan fingerprint density at radius 3 is 2.58 bits per heavy atom. The van der Waals surface area contributed by atoms with Crippen molar-refractivity contribution in [2.75, 3.05) is 0 Å². The van der Waals surface area contributed by atoms with Crippen LogP contribution in [0.3, 0.4) is 0 Å². The molecule has 1 aliphatic heterocycles. The van der Waals surface area contributed by atoms with Gasteiger partial charge in [0.1, 0.15) is 5.76 Å². The topological polar surface area (TPSA) is 69.4 Å². The van der Waals surface area contributed by atoms with Crippen molar-refractivity contribution in [1.29, 1.82) is 0 Å². The van der Waals surface area contributed by atoms with Crippen LogP contribution in [-0.4, -0.2) is 10.9 Å². The molecule has 0 aromatic heterocycles. The molecule has 5 nitrogen and oxygen atoms in total. The standard InChI is InChI=1S/C19H15NO4/c1-12-7-8-16(13(2)9-12)18-11-15(19(21)24-18)10-14-5-3-4-6-17(14)20(22)23/h3-11H,1-2H3. The molecule has 2 aromatic carbocycles. The number of nitrogens with zero attached hydrogens (tertiary/aromatic N) is 1. The molecule has 3 rings (SSSR count). The summed E-state index contributed by atoms with van der Waals surface area (Å²) in [4.78, 5) is 22.7. The molecular formula is C19H15NO4. The number of cyclic esters (lactones) is 1. The van der Waals surface area contributed by atoms with E-state index in [4.69, 9.17) is 4.74 Å². The molecule has 0 amide bonds. The third-order valence-electron chi connectivity index (χ3n) is 3.82. The van der Waals surface area contributed by atoms with Crippen molar-refractivity contribution in [1.82, 2.24) is 0 Å². The lowest BCUT2D eigenvalue weighted by atomic mass is 10.0. The quantitative estimate of drug-likeness (QED) is 0.368. The number of hydrogen-bond acceptors (Lipinski definition) is 4. The number of rotatable bonds is 3. The third-order valence-corrected chi connectivity index (χ3v) is 3.82. The Bertz CT molecular complexity index is 909. The second-order valence-electron chi connectivity index (χ2n) is 5.63. The van der Waals surface area contributed by atoms with Crippen LogP contribution in [0, 0.1) is 24.0 Å². The molecular weight excluding hydrogens is 306 g/mol. The summed E-state index contributed by atoms with van der Waals surface area (Å²) in [6.07, 6.45) is 3.10. The highest BCUT2D eigenvalue weighted by atomic mass is 16.6. The Balaban J connectivity index is 2.02. The zero-order chi connectivity index (χ0) is 17.3. The highest BCUT2D eigenvalue weighted by Crippen LogP contribution is 2.31. The van der Waals surface area contributed by atoms with Gasteiger partial charge in [-0.2, -0.15) is 0 Å². The van der Waals surface area contributed by atoms with Gasteiger partial charge in [0, 0.05) is 11.6 Å². The van der Waals surface area contributed by atoms with Gasteiger partial charge >= 0.3 is 5.97 Å². The first-order chi connectivity index (χ1) is 11.5. The van der Waals surface area contributed by atoms with Crippen molar-refractivity contribution in [3.63, 3.8) is 0 Å². The fourth-order valence-corrected chi connectivity index (χ4v) is 2.66. The molecule has 1 aliphatic rings. The molecule has 0 aliphatic carbocycles. The van der Waals surface area contributed by atoms with Crippen molar-refractivity contribution < 1.29 is 14.5 Å². The van der Waals surface area contributed by atoms with Crippen LogP contribution >= 0.6 is 0 Å². The van der Waals surface area contributed by atoms with Crippen LogP contribution < -0.4 is 0 Å². The van der Waals surface area contributed by atoms with E-state index in [0.29, 0.717) is 16.9 Å². The number of nitro groups is 1. The molecule has 0 fully saturated rings. The molecule has 1 heterocycles. The summed E-state index contributed by atoms with van der Waals surface area (Å²) >= 11 is 0. The SMILES string of the molecule is Cc1ccc(C2=CC(=Cc3ccccc3[N+](=O)[O-])C(=O)O2)c(C)c1. The molecule has 2 aromatic rings. The zero-order valence-electron chi connectivity index (χ0n) is 13.3. The predicted octanol–water partition coefficient (Wildman–Crippen LogP) is 4.19. The second-order valence-corrected chi connectivity index (χ2v) is 5.63. The van der Waals surface area contributed by atoms with Gasteiger partial charge in [-0.05, 0) is 37.6 Å². The smallest absolute Gasteiger partial charge is 0.343 e. The molecule has 0 N–H and O–H groups in total. The summed E-state index contributed by atoms with van der Waals surface area (Å²) in [7, 11) is 0. The lowest BCUT2D eigenvalue weighted by molar-refractivity contribution is -0.385. The zero-order valence-corrected chi connectivity index (χ0v) is 13.3. The maximum Gasteiger partial charge on any atom is 0.343 e. The van der Waals surface area contributed by atoms with Crippen molar-refractivity contribution in [3.05, 3.63) is 86.5 Å². The lowest BCUT2D eigenvalue weighted by Gasteiger charge is -2.06. The van der Waals surface area contributed by atoms with Crippen molar-refractivity contribution in [2.45, 2.75) is 13.8 Å². The van der Waals surface area contributed by atoms with Crippen LogP contribution in [0.2, 0.25) is 0 Å². The van der Waals surface area contributed by atoms with E-state index in [-0.39, 0.29) is 5.69 Å². The number of nitro benzene ring substituents is 1. The molecule has 120 valence electrons. The summed E-state index contributed by atoms with van der Waals surface area (Å²) < 4.78 is 5.34. The Labute approximate surface area is 139 Å². The third kappa shape index (κ3) is 2.96. The van der Waals surface area contributed by atoms with Crippen molar-refractivity contribution >= 4 is 23.5 Å². The van der Waals surface area contributed by atoms with E-state index < -0.39 is 10.9 Å². The summed E-state index contributed by atoms with van der Waals surface area (Å²) in [6.45, 7) is 3.94. The van der Waals surface area contributed by atoms with E-state index >= 15 is 0 Å². The first-order valence-electron chi connectivity index (χ1n) is 7.42. The van der Waals surface area contributed by atoms with Crippen LogP contribution in [0.4, 0.5) is 5.69 Å². The normalized spacial score (nSPS) is 15.3. The number of hydrogen-bond donors (Lipinski definition) is 0. The highest BCUT2D eigenvalue weighted by molar-refractivity contribution is 6.05. The molecule has 0 bridgehead atoms. The minimum absolute atomic E-state index is 0.0498. The maximum absolute atomic E-state index is 12.1. The van der Waals surface area contributed by atoms with Gasteiger partial charge in [0.25, 0.3) is 5.69 Å². The van der Waals surface area contributed by atoms with Crippen LogP contribution in [-0.2, 0) is 9.53 Å².